The minimum atomic E-state index is 0.441. The van der Waals surface area contributed by atoms with E-state index < -0.39 is 0 Å². The van der Waals surface area contributed by atoms with Crippen LogP contribution in [0.1, 0.15) is 51.1 Å². The van der Waals surface area contributed by atoms with E-state index in [0.717, 1.165) is 18.4 Å². The number of nitrogens with one attached hydrogen (secondary N) is 1. The Morgan fingerprint density at radius 2 is 2.11 bits per heavy atom. The van der Waals surface area contributed by atoms with Gasteiger partial charge in [0.1, 0.15) is 0 Å². The molecule has 0 aliphatic heterocycles. The number of rotatable bonds is 4. The van der Waals surface area contributed by atoms with Crippen molar-refractivity contribution >= 4 is 15.9 Å². The van der Waals surface area contributed by atoms with Crippen LogP contribution in [-0.4, -0.2) is 6.54 Å². The van der Waals surface area contributed by atoms with E-state index >= 15 is 0 Å². The topological polar surface area (TPSA) is 12.0 Å². The van der Waals surface area contributed by atoms with Crippen molar-refractivity contribution in [3.05, 3.63) is 34.3 Å². The average Bonchev–Trinajstić information content (AvgIpc) is 2.37. The van der Waals surface area contributed by atoms with E-state index in [-0.39, 0.29) is 0 Å². The second kappa shape index (κ2) is 6.72. The first-order valence-electron chi connectivity index (χ1n) is 7.15. The summed E-state index contributed by atoms with van der Waals surface area (Å²) in [5, 5.41) is 3.71. The molecule has 0 bridgehead atoms. The van der Waals surface area contributed by atoms with Crippen LogP contribution >= 0.6 is 15.9 Å². The summed E-state index contributed by atoms with van der Waals surface area (Å²) in [5.41, 5.74) is 1.37. The van der Waals surface area contributed by atoms with Gasteiger partial charge in [0.25, 0.3) is 0 Å². The highest BCUT2D eigenvalue weighted by atomic mass is 79.9. The zero-order valence-corrected chi connectivity index (χ0v) is 13.0. The Kier molecular flexibility index (Phi) is 5.25. The second-order valence-electron chi connectivity index (χ2n) is 5.71. The Bertz CT molecular complexity index is 377. The van der Waals surface area contributed by atoms with Crippen LogP contribution < -0.4 is 5.32 Å². The lowest BCUT2D eigenvalue weighted by Crippen LogP contribution is -2.31. The van der Waals surface area contributed by atoms with Crippen molar-refractivity contribution in [2.45, 2.75) is 45.6 Å². The van der Waals surface area contributed by atoms with Crippen LogP contribution in [0.15, 0.2) is 28.7 Å². The van der Waals surface area contributed by atoms with Crippen LogP contribution in [0.2, 0.25) is 0 Å². The van der Waals surface area contributed by atoms with Crippen LogP contribution in [-0.2, 0) is 0 Å². The van der Waals surface area contributed by atoms with Gasteiger partial charge in [0, 0.05) is 10.5 Å². The van der Waals surface area contributed by atoms with Gasteiger partial charge in [-0.15, -0.1) is 0 Å². The second-order valence-corrected chi connectivity index (χ2v) is 6.62. The molecule has 0 amide bonds. The standard InChI is InChI=1S/C16H24BrN/c1-12-6-3-4-7-15(12)11-18-13(2)14-8-5-9-16(17)10-14/h5,8-10,12-13,15,18H,3-4,6-7,11H2,1-2H3. The molecule has 2 heteroatoms. The first kappa shape index (κ1) is 14.1. The van der Waals surface area contributed by atoms with E-state index in [1.807, 2.05) is 0 Å². The van der Waals surface area contributed by atoms with Crippen molar-refractivity contribution < 1.29 is 0 Å². The maximum atomic E-state index is 3.71. The Balaban J connectivity index is 1.86. The molecule has 1 saturated carbocycles. The highest BCUT2D eigenvalue weighted by Crippen LogP contribution is 2.29. The van der Waals surface area contributed by atoms with Crippen LogP contribution in [0.3, 0.4) is 0 Å². The Morgan fingerprint density at radius 3 is 2.83 bits per heavy atom. The smallest absolute Gasteiger partial charge is 0.0292 e. The van der Waals surface area contributed by atoms with Crippen LogP contribution in [0, 0.1) is 11.8 Å². The molecular weight excluding hydrogens is 286 g/mol. The van der Waals surface area contributed by atoms with Crippen molar-refractivity contribution in [2.24, 2.45) is 11.8 Å². The normalized spacial score (nSPS) is 25.9. The third-order valence-electron chi connectivity index (χ3n) is 4.32. The summed E-state index contributed by atoms with van der Waals surface area (Å²) in [6.45, 7) is 5.83. The molecule has 3 atom stereocenters. The fourth-order valence-corrected chi connectivity index (χ4v) is 3.34. The van der Waals surface area contributed by atoms with Crippen LogP contribution in [0.25, 0.3) is 0 Å². The SMILES string of the molecule is CC(NCC1CCCCC1C)c1cccc(Br)c1. The van der Waals surface area contributed by atoms with Gasteiger partial charge < -0.3 is 5.32 Å². The number of benzene rings is 1. The van der Waals surface area contributed by atoms with E-state index in [9.17, 15) is 0 Å². The molecule has 0 saturated heterocycles. The Morgan fingerprint density at radius 1 is 1.33 bits per heavy atom. The summed E-state index contributed by atoms with van der Waals surface area (Å²) in [7, 11) is 0. The van der Waals surface area contributed by atoms with E-state index in [4.69, 9.17) is 0 Å². The first-order valence-corrected chi connectivity index (χ1v) is 7.95. The quantitative estimate of drug-likeness (QED) is 0.832. The summed E-state index contributed by atoms with van der Waals surface area (Å²) in [6, 6.07) is 9.05. The molecule has 1 aliphatic rings. The lowest BCUT2D eigenvalue weighted by molar-refractivity contribution is 0.242. The molecular formula is C16H24BrN. The molecule has 0 aromatic heterocycles. The van der Waals surface area contributed by atoms with Crippen molar-refractivity contribution in [3.8, 4) is 0 Å². The maximum Gasteiger partial charge on any atom is 0.0292 e. The highest BCUT2D eigenvalue weighted by molar-refractivity contribution is 9.10. The molecule has 1 N–H and O–H groups in total. The molecule has 1 aromatic carbocycles. The molecule has 3 unspecified atom stereocenters. The molecule has 100 valence electrons. The van der Waals surface area contributed by atoms with Gasteiger partial charge >= 0.3 is 0 Å². The van der Waals surface area contributed by atoms with Gasteiger partial charge in [-0.3, -0.25) is 0 Å². The molecule has 1 nitrogen and oxygen atoms in total. The predicted molar refractivity (Wildman–Crippen MR) is 81.7 cm³/mol. The molecule has 0 heterocycles. The number of hydrogen-bond acceptors (Lipinski definition) is 1. The van der Waals surface area contributed by atoms with E-state index in [1.54, 1.807) is 0 Å². The van der Waals surface area contributed by atoms with Gasteiger partial charge in [-0.2, -0.15) is 0 Å². The average molecular weight is 310 g/mol. The molecule has 1 aromatic rings. The fourth-order valence-electron chi connectivity index (χ4n) is 2.92. The number of halogens is 1. The number of hydrogen-bond donors (Lipinski definition) is 1. The fraction of sp³-hybridized carbons (Fsp3) is 0.625. The monoisotopic (exact) mass is 309 g/mol. The van der Waals surface area contributed by atoms with Crippen molar-refractivity contribution in [1.82, 2.24) is 5.32 Å². The van der Waals surface area contributed by atoms with Crippen molar-refractivity contribution in [2.75, 3.05) is 6.54 Å². The molecule has 1 fully saturated rings. The predicted octanol–water partition coefficient (Wildman–Crippen LogP) is 4.93. The van der Waals surface area contributed by atoms with E-state index in [2.05, 4.69) is 59.4 Å². The lowest BCUT2D eigenvalue weighted by Gasteiger charge is -2.30. The molecule has 18 heavy (non-hydrogen) atoms. The summed E-state index contributed by atoms with van der Waals surface area (Å²) in [6.07, 6.45) is 5.66. The molecule has 1 aliphatic carbocycles. The van der Waals surface area contributed by atoms with Gasteiger partial charge in [0.05, 0.1) is 0 Å². The third-order valence-corrected chi connectivity index (χ3v) is 4.82. The summed E-state index contributed by atoms with van der Waals surface area (Å²) >= 11 is 3.54. The van der Waals surface area contributed by atoms with Crippen LogP contribution in [0.4, 0.5) is 0 Å². The maximum absolute atomic E-state index is 3.71. The molecule has 0 spiro atoms. The van der Waals surface area contributed by atoms with E-state index in [1.165, 1.54) is 35.7 Å². The van der Waals surface area contributed by atoms with Gasteiger partial charge in [-0.05, 0) is 49.4 Å². The van der Waals surface area contributed by atoms with Crippen molar-refractivity contribution in [3.63, 3.8) is 0 Å². The van der Waals surface area contributed by atoms with Crippen molar-refractivity contribution in [1.29, 1.82) is 0 Å². The minimum Gasteiger partial charge on any atom is -0.310 e. The van der Waals surface area contributed by atoms with Crippen LogP contribution in [0.5, 0.6) is 0 Å². The minimum absolute atomic E-state index is 0.441. The Labute approximate surface area is 119 Å². The zero-order chi connectivity index (χ0) is 13.0. The van der Waals surface area contributed by atoms with Gasteiger partial charge in [0.15, 0.2) is 0 Å². The summed E-state index contributed by atoms with van der Waals surface area (Å²) in [5.74, 6) is 1.76. The van der Waals surface area contributed by atoms with E-state index in [0.29, 0.717) is 6.04 Å². The third kappa shape index (κ3) is 3.83. The molecule has 0 radical (unpaired) electrons. The van der Waals surface area contributed by atoms with Gasteiger partial charge in [0.2, 0.25) is 0 Å². The largest absolute Gasteiger partial charge is 0.310 e. The zero-order valence-electron chi connectivity index (χ0n) is 11.5. The Hall–Kier alpha value is -0.340. The van der Waals surface area contributed by atoms with Gasteiger partial charge in [-0.25, -0.2) is 0 Å². The summed E-state index contributed by atoms with van der Waals surface area (Å²) in [4.78, 5) is 0. The first-order chi connectivity index (χ1) is 8.66. The van der Waals surface area contributed by atoms with Gasteiger partial charge in [-0.1, -0.05) is 54.2 Å². The lowest BCUT2D eigenvalue weighted by atomic mass is 9.80. The molecule has 2 rings (SSSR count). The summed E-state index contributed by atoms with van der Waals surface area (Å²) < 4.78 is 1.17. The highest BCUT2D eigenvalue weighted by Gasteiger charge is 2.21.